The molecule has 0 heterocycles. The van der Waals surface area contributed by atoms with Crippen LogP contribution in [0.15, 0.2) is 27.6 Å². The molecule has 0 amide bonds. The molecule has 1 saturated carbocycles. The van der Waals surface area contributed by atoms with Gasteiger partial charge in [0, 0.05) is 10.5 Å². The lowest BCUT2D eigenvalue weighted by molar-refractivity contribution is 0.538. The molecule has 1 N–H and O–H groups in total. The molecule has 0 aliphatic heterocycles. The zero-order valence-electron chi connectivity index (χ0n) is 9.90. The van der Waals surface area contributed by atoms with Gasteiger partial charge in [-0.25, -0.2) is 13.1 Å². The molecule has 1 fully saturated rings. The fourth-order valence-electron chi connectivity index (χ4n) is 1.79. The summed E-state index contributed by atoms with van der Waals surface area (Å²) in [6.45, 7) is 3.81. The molecule has 17 heavy (non-hydrogen) atoms. The number of halogens is 1. The van der Waals surface area contributed by atoms with Crippen LogP contribution >= 0.6 is 15.9 Å². The van der Waals surface area contributed by atoms with Crippen LogP contribution in [0.1, 0.15) is 25.3 Å². The molecule has 0 aromatic heterocycles. The fraction of sp³-hybridized carbons (Fsp3) is 0.500. The van der Waals surface area contributed by atoms with Crippen LogP contribution in [-0.4, -0.2) is 14.5 Å². The first-order chi connectivity index (χ1) is 7.90. The molecule has 0 radical (unpaired) electrons. The first-order valence-corrected chi connectivity index (χ1v) is 7.96. The molecule has 0 saturated heterocycles. The SMILES string of the molecule is Cc1cc(S(=O)(=O)N[C@H](C)C2CC2)ccc1Br. The number of aryl methyl sites for hydroxylation is 1. The van der Waals surface area contributed by atoms with Crippen molar-refractivity contribution in [1.29, 1.82) is 0 Å². The van der Waals surface area contributed by atoms with Gasteiger partial charge < -0.3 is 0 Å². The summed E-state index contributed by atoms with van der Waals surface area (Å²) < 4.78 is 27.9. The van der Waals surface area contributed by atoms with Gasteiger partial charge in [0.1, 0.15) is 0 Å². The maximum absolute atomic E-state index is 12.1. The predicted molar refractivity (Wildman–Crippen MR) is 71.4 cm³/mol. The Kier molecular flexibility index (Phi) is 3.61. The Labute approximate surface area is 111 Å². The van der Waals surface area contributed by atoms with E-state index in [9.17, 15) is 8.42 Å². The smallest absolute Gasteiger partial charge is 0.208 e. The average Bonchev–Trinajstić information content (AvgIpc) is 3.04. The van der Waals surface area contributed by atoms with Crippen molar-refractivity contribution in [3.05, 3.63) is 28.2 Å². The molecule has 3 nitrogen and oxygen atoms in total. The second kappa shape index (κ2) is 4.71. The van der Waals surface area contributed by atoms with Crippen LogP contribution in [-0.2, 0) is 10.0 Å². The minimum Gasteiger partial charge on any atom is -0.208 e. The van der Waals surface area contributed by atoms with Crippen molar-refractivity contribution in [3.8, 4) is 0 Å². The summed E-state index contributed by atoms with van der Waals surface area (Å²) >= 11 is 3.36. The van der Waals surface area contributed by atoms with Crippen molar-refractivity contribution >= 4 is 26.0 Å². The molecule has 0 spiro atoms. The van der Waals surface area contributed by atoms with Crippen LogP contribution in [0.3, 0.4) is 0 Å². The van der Waals surface area contributed by atoms with Crippen LogP contribution in [0.2, 0.25) is 0 Å². The summed E-state index contributed by atoms with van der Waals surface area (Å²) in [6.07, 6.45) is 2.26. The highest BCUT2D eigenvalue weighted by Crippen LogP contribution is 2.33. The molecule has 0 bridgehead atoms. The van der Waals surface area contributed by atoms with Crippen LogP contribution in [0.5, 0.6) is 0 Å². The van der Waals surface area contributed by atoms with E-state index < -0.39 is 10.0 Å². The molecular formula is C12H16BrNO2S. The van der Waals surface area contributed by atoms with E-state index in [1.54, 1.807) is 18.2 Å². The highest BCUT2D eigenvalue weighted by atomic mass is 79.9. The Bertz CT molecular complexity index is 523. The summed E-state index contributed by atoms with van der Waals surface area (Å²) in [5, 5.41) is 0. The van der Waals surface area contributed by atoms with E-state index in [2.05, 4.69) is 20.7 Å². The van der Waals surface area contributed by atoms with E-state index in [0.717, 1.165) is 22.9 Å². The molecular weight excluding hydrogens is 302 g/mol. The second-order valence-corrected chi connectivity index (χ2v) is 7.23. The van der Waals surface area contributed by atoms with Crippen molar-refractivity contribution in [3.63, 3.8) is 0 Å². The summed E-state index contributed by atoms with van der Waals surface area (Å²) in [5.41, 5.74) is 0.923. The summed E-state index contributed by atoms with van der Waals surface area (Å²) in [4.78, 5) is 0.339. The normalized spacial score (nSPS) is 18.1. The standard InChI is InChI=1S/C12H16BrNO2S/c1-8-7-11(5-6-12(8)13)17(15,16)14-9(2)10-3-4-10/h5-7,9-10,14H,3-4H2,1-2H3/t9-/m1/s1. The average molecular weight is 318 g/mol. The van der Waals surface area contributed by atoms with Gasteiger partial charge in [-0.1, -0.05) is 15.9 Å². The third-order valence-corrected chi connectivity index (χ3v) is 5.56. The Morgan fingerprint density at radius 3 is 2.59 bits per heavy atom. The van der Waals surface area contributed by atoms with Crippen molar-refractivity contribution in [2.75, 3.05) is 0 Å². The highest BCUT2D eigenvalue weighted by molar-refractivity contribution is 9.10. The molecule has 1 aromatic rings. The monoisotopic (exact) mass is 317 g/mol. The second-order valence-electron chi connectivity index (χ2n) is 4.66. The molecule has 1 aliphatic rings. The van der Waals surface area contributed by atoms with Gasteiger partial charge in [0.05, 0.1) is 4.90 Å². The van der Waals surface area contributed by atoms with Crippen molar-refractivity contribution in [1.82, 2.24) is 4.72 Å². The number of rotatable bonds is 4. The Morgan fingerprint density at radius 2 is 2.06 bits per heavy atom. The van der Waals surface area contributed by atoms with Crippen LogP contribution < -0.4 is 4.72 Å². The highest BCUT2D eigenvalue weighted by Gasteiger charge is 2.31. The maximum atomic E-state index is 12.1. The molecule has 5 heteroatoms. The number of benzene rings is 1. The van der Waals surface area contributed by atoms with Crippen molar-refractivity contribution < 1.29 is 8.42 Å². The van der Waals surface area contributed by atoms with Gasteiger partial charge in [0.2, 0.25) is 10.0 Å². The molecule has 0 unspecified atom stereocenters. The Morgan fingerprint density at radius 1 is 1.41 bits per heavy atom. The maximum Gasteiger partial charge on any atom is 0.240 e. The number of hydrogen-bond donors (Lipinski definition) is 1. The third-order valence-electron chi connectivity index (χ3n) is 3.11. The van der Waals surface area contributed by atoms with Gasteiger partial charge in [0.25, 0.3) is 0 Å². The van der Waals surface area contributed by atoms with E-state index >= 15 is 0 Å². The van der Waals surface area contributed by atoms with Gasteiger partial charge in [-0.05, 0) is 56.4 Å². The summed E-state index contributed by atoms with van der Waals surface area (Å²) in [5.74, 6) is 0.515. The largest absolute Gasteiger partial charge is 0.240 e. The Balaban J connectivity index is 2.21. The van der Waals surface area contributed by atoms with Crippen molar-refractivity contribution in [2.45, 2.75) is 37.6 Å². The first kappa shape index (κ1) is 13.1. The topological polar surface area (TPSA) is 46.2 Å². The van der Waals surface area contributed by atoms with Crippen molar-refractivity contribution in [2.24, 2.45) is 5.92 Å². The van der Waals surface area contributed by atoms with Gasteiger partial charge >= 0.3 is 0 Å². The lowest BCUT2D eigenvalue weighted by Crippen LogP contribution is -2.34. The first-order valence-electron chi connectivity index (χ1n) is 5.68. The summed E-state index contributed by atoms with van der Waals surface area (Å²) in [7, 11) is -3.37. The van der Waals surface area contributed by atoms with Crippen LogP contribution in [0, 0.1) is 12.8 Å². The zero-order valence-corrected chi connectivity index (χ0v) is 12.3. The predicted octanol–water partition coefficient (Wildman–Crippen LogP) is 2.83. The van der Waals surface area contributed by atoms with E-state index in [1.807, 2.05) is 13.8 Å². The lowest BCUT2D eigenvalue weighted by atomic mass is 10.2. The Hall–Kier alpha value is -0.390. The van der Waals surface area contributed by atoms with Crippen LogP contribution in [0.25, 0.3) is 0 Å². The fourth-order valence-corrected chi connectivity index (χ4v) is 3.43. The number of hydrogen-bond acceptors (Lipinski definition) is 2. The van der Waals surface area contributed by atoms with Gasteiger partial charge in [0.15, 0.2) is 0 Å². The number of nitrogens with one attached hydrogen (secondary N) is 1. The molecule has 2 rings (SSSR count). The quantitative estimate of drug-likeness (QED) is 0.928. The van der Waals surface area contributed by atoms with E-state index in [-0.39, 0.29) is 6.04 Å². The minimum atomic E-state index is -3.37. The van der Waals surface area contributed by atoms with Gasteiger partial charge in [-0.15, -0.1) is 0 Å². The van der Waals surface area contributed by atoms with E-state index in [4.69, 9.17) is 0 Å². The number of sulfonamides is 1. The summed E-state index contributed by atoms with van der Waals surface area (Å²) in [6, 6.07) is 5.11. The van der Waals surface area contributed by atoms with Gasteiger partial charge in [-0.3, -0.25) is 0 Å². The molecule has 94 valence electrons. The lowest BCUT2D eigenvalue weighted by Gasteiger charge is -2.13. The van der Waals surface area contributed by atoms with Gasteiger partial charge in [-0.2, -0.15) is 0 Å². The molecule has 1 aromatic carbocycles. The molecule has 1 aliphatic carbocycles. The third kappa shape index (κ3) is 3.09. The van der Waals surface area contributed by atoms with Crippen LogP contribution in [0.4, 0.5) is 0 Å². The van der Waals surface area contributed by atoms with E-state index in [0.29, 0.717) is 10.8 Å². The molecule has 1 atom stereocenters. The minimum absolute atomic E-state index is 0.0314. The van der Waals surface area contributed by atoms with E-state index in [1.165, 1.54) is 0 Å². The zero-order chi connectivity index (χ0) is 12.6.